The van der Waals surface area contributed by atoms with Crippen LogP contribution in [0.25, 0.3) is 51.5 Å². The Morgan fingerprint density at radius 3 is 1.76 bits per heavy atom. The molecule has 0 saturated heterocycles. The highest BCUT2D eigenvalue weighted by atomic mass is 32.1. The quantitative estimate of drug-likeness (QED) is 0.151. The molecule has 15 rings (SSSR count). The van der Waals surface area contributed by atoms with Crippen molar-refractivity contribution in [3.05, 3.63) is 148 Å². The van der Waals surface area contributed by atoms with Crippen molar-refractivity contribution in [2.24, 2.45) is 0 Å². The summed E-state index contributed by atoms with van der Waals surface area (Å²) in [4.78, 5) is 5.66. The maximum atomic E-state index is 2.89. The van der Waals surface area contributed by atoms with Crippen molar-refractivity contribution in [3.8, 4) is 11.1 Å². The van der Waals surface area contributed by atoms with Gasteiger partial charge in [0.2, 0.25) is 0 Å². The summed E-state index contributed by atoms with van der Waals surface area (Å²) < 4.78 is 5.51. The Kier molecular flexibility index (Phi) is 8.30. The lowest BCUT2D eigenvalue weighted by Gasteiger charge is -2.53. The first-order valence-electron chi connectivity index (χ1n) is 26.8. The van der Waals surface area contributed by atoms with E-state index in [0.717, 1.165) is 0 Å². The lowest BCUT2D eigenvalue weighted by atomic mass is 9.42. The average molecular weight is 961 g/mol. The van der Waals surface area contributed by atoms with Gasteiger partial charge in [-0.3, -0.25) is 0 Å². The summed E-state index contributed by atoms with van der Waals surface area (Å²) in [6.07, 6.45) is 8.38. The summed E-state index contributed by atoms with van der Waals surface area (Å²) in [5.74, 6) is 0. The van der Waals surface area contributed by atoms with Crippen LogP contribution in [0.2, 0.25) is 0 Å². The van der Waals surface area contributed by atoms with Crippen LogP contribution in [-0.4, -0.2) is 6.85 Å². The van der Waals surface area contributed by atoms with Crippen molar-refractivity contribution in [3.63, 3.8) is 0 Å². The van der Waals surface area contributed by atoms with E-state index in [1.54, 1.807) is 22.3 Å². The minimum Gasteiger partial charge on any atom is -0.376 e. The Bertz CT molecular complexity index is 3900. The molecule has 354 valence electrons. The molecule has 0 N–H and O–H groups in total. The zero-order valence-corrected chi connectivity index (χ0v) is 45.3. The smallest absolute Gasteiger partial charge is 0.334 e. The topological polar surface area (TPSA) is 6.48 Å². The second-order valence-electron chi connectivity index (χ2n) is 26.4. The number of hydrogen-bond acceptors (Lipinski definition) is 4. The molecule has 7 aromatic carbocycles. The van der Waals surface area contributed by atoms with E-state index in [1.807, 2.05) is 22.7 Å². The third kappa shape index (κ3) is 5.56. The van der Waals surface area contributed by atoms with E-state index in [2.05, 4.69) is 195 Å². The van der Waals surface area contributed by atoms with Gasteiger partial charge < -0.3 is 9.71 Å². The van der Waals surface area contributed by atoms with Gasteiger partial charge in [-0.25, -0.2) is 0 Å². The SMILES string of the molecule is Cc1cc2c(cc1N1c3cc4sc5ccccc5c4c4c3B(c3c1ccc1c3sc3ccccc31)N1c3ccc5c(c3)C(C)(CCC5(C)C)CC3(C)CCC(C)(C)c5cc-4c1cc53)C(C)(C)CCC2(C)C. The summed E-state index contributed by atoms with van der Waals surface area (Å²) in [5.41, 5.74) is 23.5. The van der Waals surface area contributed by atoms with E-state index in [0.29, 0.717) is 0 Å². The summed E-state index contributed by atoms with van der Waals surface area (Å²) in [6, 6.07) is 44.7. The zero-order chi connectivity index (χ0) is 48.7. The van der Waals surface area contributed by atoms with E-state index >= 15 is 0 Å². The van der Waals surface area contributed by atoms with Crippen LogP contribution < -0.4 is 20.6 Å². The fourth-order valence-electron chi connectivity index (χ4n) is 15.8. The number of fused-ring (bicyclic) bond motifs is 15. The molecular weight excluding hydrogens is 896 g/mol. The Balaban J connectivity index is 1.16. The van der Waals surface area contributed by atoms with Crippen molar-refractivity contribution in [2.75, 3.05) is 9.71 Å². The predicted octanol–water partition coefficient (Wildman–Crippen LogP) is 17.8. The fourth-order valence-corrected chi connectivity index (χ4v) is 18.2. The van der Waals surface area contributed by atoms with Gasteiger partial charge in [-0.15, -0.1) is 22.7 Å². The molecule has 0 amide bonds. The van der Waals surface area contributed by atoms with Crippen LogP contribution in [-0.2, 0) is 32.5 Å². The number of rotatable bonds is 1. The van der Waals surface area contributed by atoms with Gasteiger partial charge >= 0.3 is 6.85 Å². The van der Waals surface area contributed by atoms with Crippen molar-refractivity contribution in [1.82, 2.24) is 0 Å². The molecular formula is C66H65BN2S2. The maximum Gasteiger partial charge on any atom is 0.334 e. The van der Waals surface area contributed by atoms with E-state index in [4.69, 9.17) is 0 Å². The maximum absolute atomic E-state index is 2.89. The largest absolute Gasteiger partial charge is 0.376 e. The Labute approximate surface area is 429 Å². The number of nitrogens with zero attached hydrogens (tertiary/aromatic N) is 2. The second-order valence-corrected chi connectivity index (χ2v) is 28.5. The van der Waals surface area contributed by atoms with Crippen LogP contribution in [0.4, 0.5) is 28.4 Å². The number of thiophene rings is 2. The molecule has 9 aromatic rings. The molecule has 2 nitrogen and oxygen atoms in total. The Morgan fingerprint density at radius 1 is 0.451 bits per heavy atom. The number of aryl methyl sites for hydroxylation is 1. The summed E-state index contributed by atoms with van der Waals surface area (Å²) in [7, 11) is 0. The molecule has 2 aromatic heterocycles. The lowest BCUT2D eigenvalue weighted by molar-refractivity contribution is 0.208. The van der Waals surface area contributed by atoms with Gasteiger partial charge in [-0.1, -0.05) is 124 Å². The van der Waals surface area contributed by atoms with Crippen molar-refractivity contribution >= 4 is 109 Å². The molecule has 0 spiro atoms. The van der Waals surface area contributed by atoms with Crippen LogP contribution in [0, 0.1) is 6.92 Å². The van der Waals surface area contributed by atoms with E-state index < -0.39 is 0 Å². The first-order chi connectivity index (χ1) is 33.8. The van der Waals surface area contributed by atoms with Crippen molar-refractivity contribution < 1.29 is 0 Å². The average Bonchev–Trinajstić information content (AvgIpc) is 3.91. The number of anilines is 5. The molecule has 5 heterocycles. The molecule has 0 radical (unpaired) electrons. The minimum atomic E-state index is -0.0758. The van der Waals surface area contributed by atoms with Crippen LogP contribution in [0.1, 0.15) is 153 Å². The molecule has 71 heavy (non-hydrogen) atoms. The third-order valence-corrected chi connectivity index (χ3v) is 22.4. The zero-order valence-electron chi connectivity index (χ0n) is 43.6. The standard InChI is InChI=1S/C66H65BN2S2/c1-37-30-44-46(63(6,7)25-24-62(44,4)5)33-50(37)68-49-23-21-40-39-16-12-14-18-53(39)71-60(40)59(49)67-58-52(68)35-55-56(41-17-13-15-19-54(41)70-55)57(58)42-32-45-48-34-51(42)69(67)38-20-22-43-47(31-38)65(10,28-26-61(43,2)3)36-66(48,11)29-27-64(45,8)9/h12-23,30-35H,24-29,36H2,1-11H3. The lowest BCUT2D eigenvalue weighted by Crippen LogP contribution is -2.62. The first-order valence-corrected chi connectivity index (χ1v) is 28.4. The Morgan fingerprint density at radius 2 is 1.04 bits per heavy atom. The first kappa shape index (κ1) is 43.2. The van der Waals surface area contributed by atoms with Crippen molar-refractivity contribution in [2.45, 2.75) is 154 Å². The van der Waals surface area contributed by atoms with Gasteiger partial charge in [-0.05, 0) is 194 Å². The normalized spacial score (nSPS) is 23.5. The van der Waals surface area contributed by atoms with Crippen LogP contribution >= 0.6 is 22.7 Å². The monoisotopic (exact) mass is 960 g/mol. The number of benzene rings is 7. The summed E-state index contributed by atoms with van der Waals surface area (Å²) >= 11 is 3.99. The van der Waals surface area contributed by atoms with Gasteiger partial charge in [-0.2, -0.15) is 0 Å². The van der Waals surface area contributed by atoms with Crippen molar-refractivity contribution in [1.29, 1.82) is 0 Å². The molecule has 6 aliphatic rings. The molecule has 0 saturated carbocycles. The Hall–Kier alpha value is -5.36. The number of hydrogen-bond donors (Lipinski definition) is 0. The van der Waals surface area contributed by atoms with E-state index in [1.165, 1.54) is 152 Å². The molecule has 5 heteroatoms. The molecule has 2 unspecified atom stereocenters. The minimum absolute atomic E-state index is 0.0330. The molecule has 3 aliphatic heterocycles. The van der Waals surface area contributed by atoms with Crippen LogP contribution in [0.3, 0.4) is 0 Å². The highest BCUT2D eigenvalue weighted by Gasteiger charge is 2.53. The van der Waals surface area contributed by atoms with Gasteiger partial charge in [0, 0.05) is 74.3 Å². The van der Waals surface area contributed by atoms with E-state index in [-0.39, 0.29) is 39.3 Å². The van der Waals surface area contributed by atoms with Gasteiger partial charge in [0.15, 0.2) is 0 Å². The van der Waals surface area contributed by atoms with Crippen LogP contribution in [0.5, 0.6) is 0 Å². The molecule has 3 aliphatic carbocycles. The summed E-state index contributed by atoms with van der Waals surface area (Å²) in [5, 5.41) is 5.53. The van der Waals surface area contributed by atoms with Crippen LogP contribution in [0.15, 0.2) is 109 Å². The second kappa shape index (κ2) is 13.6. The van der Waals surface area contributed by atoms with Gasteiger partial charge in [0.1, 0.15) is 0 Å². The molecule has 2 atom stereocenters. The highest BCUT2D eigenvalue weighted by Crippen LogP contribution is 2.61. The summed E-state index contributed by atoms with van der Waals surface area (Å²) in [6.45, 7) is 27.7. The fraction of sp³-hybridized carbons (Fsp3) is 0.364. The predicted molar refractivity (Wildman–Crippen MR) is 310 cm³/mol. The third-order valence-electron chi connectivity index (χ3n) is 20.0. The van der Waals surface area contributed by atoms with Gasteiger partial charge in [0.05, 0.1) is 0 Å². The van der Waals surface area contributed by atoms with Gasteiger partial charge in [0.25, 0.3) is 0 Å². The highest BCUT2D eigenvalue weighted by molar-refractivity contribution is 7.28. The molecule has 4 bridgehead atoms. The molecule has 0 fully saturated rings. The van der Waals surface area contributed by atoms with E-state index in [9.17, 15) is 0 Å².